The first kappa shape index (κ1) is 15.4. The number of rotatable bonds is 2. The molecule has 2 aromatic rings. The summed E-state index contributed by atoms with van der Waals surface area (Å²) in [7, 11) is 0. The van der Waals surface area contributed by atoms with Crippen LogP contribution < -0.4 is 4.90 Å². The number of aliphatic hydroxyl groups is 1. The van der Waals surface area contributed by atoms with Gasteiger partial charge in [0, 0.05) is 12.0 Å². The van der Waals surface area contributed by atoms with Crippen molar-refractivity contribution in [2.24, 2.45) is 0 Å². The SMILES string of the molecule is Cc1ccc([C@@]2(O)CN(c3ccccc3)C3=[N+]2CCCCC3)cc1. The molecule has 2 aliphatic rings. The number of aryl methyl sites for hydroxylation is 1. The highest BCUT2D eigenvalue weighted by Gasteiger charge is 2.51. The van der Waals surface area contributed by atoms with Crippen LogP contribution in [0.25, 0.3) is 0 Å². The maximum atomic E-state index is 11.7. The van der Waals surface area contributed by atoms with Crippen LogP contribution in [0, 0.1) is 6.92 Å². The molecule has 1 atom stereocenters. The lowest BCUT2D eigenvalue weighted by atomic mass is 10.0. The maximum Gasteiger partial charge on any atom is 0.271 e. The van der Waals surface area contributed by atoms with Crippen molar-refractivity contribution in [1.29, 1.82) is 0 Å². The molecule has 124 valence electrons. The molecule has 3 heteroatoms. The van der Waals surface area contributed by atoms with Crippen LogP contribution in [0.2, 0.25) is 0 Å². The summed E-state index contributed by atoms with van der Waals surface area (Å²) in [6, 6.07) is 18.8. The molecule has 0 spiro atoms. The molecule has 0 fully saturated rings. The Labute approximate surface area is 143 Å². The Bertz CT molecular complexity index is 751. The molecule has 4 rings (SSSR count). The molecule has 1 N–H and O–H groups in total. The van der Waals surface area contributed by atoms with Gasteiger partial charge in [-0.15, -0.1) is 0 Å². The average Bonchev–Trinajstić information content (AvgIpc) is 2.77. The van der Waals surface area contributed by atoms with Crippen LogP contribution in [0.15, 0.2) is 54.6 Å². The second-order valence-electron chi connectivity index (χ2n) is 6.98. The Morgan fingerprint density at radius 3 is 2.46 bits per heavy atom. The lowest BCUT2D eigenvalue weighted by Gasteiger charge is -2.23. The third kappa shape index (κ3) is 2.53. The Morgan fingerprint density at radius 2 is 1.71 bits per heavy atom. The Morgan fingerprint density at radius 1 is 0.958 bits per heavy atom. The van der Waals surface area contributed by atoms with Crippen molar-refractivity contribution < 1.29 is 9.68 Å². The highest BCUT2D eigenvalue weighted by Crippen LogP contribution is 2.35. The Hall–Kier alpha value is -2.13. The average molecular weight is 321 g/mol. The second kappa shape index (κ2) is 6.06. The Balaban J connectivity index is 1.81. The van der Waals surface area contributed by atoms with E-state index in [1.807, 2.05) is 6.07 Å². The summed E-state index contributed by atoms with van der Waals surface area (Å²) in [5.41, 5.74) is 2.44. The lowest BCUT2D eigenvalue weighted by molar-refractivity contribution is -0.658. The van der Waals surface area contributed by atoms with E-state index in [1.54, 1.807) is 0 Å². The predicted octanol–water partition coefficient (Wildman–Crippen LogP) is 3.65. The largest absolute Gasteiger partial charge is 0.346 e. The molecule has 2 aliphatic heterocycles. The van der Waals surface area contributed by atoms with E-state index in [0.29, 0.717) is 6.54 Å². The lowest BCUT2D eigenvalue weighted by Crippen LogP contribution is -2.41. The van der Waals surface area contributed by atoms with Gasteiger partial charge in [-0.2, -0.15) is 0 Å². The van der Waals surface area contributed by atoms with E-state index in [9.17, 15) is 5.11 Å². The van der Waals surface area contributed by atoms with E-state index >= 15 is 0 Å². The quantitative estimate of drug-likeness (QED) is 0.855. The van der Waals surface area contributed by atoms with E-state index in [1.165, 1.54) is 29.9 Å². The number of nitrogens with zero attached hydrogens (tertiary/aromatic N) is 2. The number of amidine groups is 1. The zero-order valence-corrected chi connectivity index (χ0v) is 14.3. The van der Waals surface area contributed by atoms with Crippen LogP contribution in [-0.2, 0) is 5.72 Å². The number of anilines is 1. The summed E-state index contributed by atoms with van der Waals surface area (Å²) in [5.74, 6) is 1.27. The van der Waals surface area contributed by atoms with Gasteiger partial charge in [0.2, 0.25) is 0 Å². The first-order chi connectivity index (χ1) is 11.7. The summed E-state index contributed by atoms with van der Waals surface area (Å²) >= 11 is 0. The molecule has 2 heterocycles. The normalized spacial score (nSPS) is 24.0. The van der Waals surface area contributed by atoms with Crippen molar-refractivity contribution in [2.45, 2.75) is 38.3 Å². The summed E-state index contributed by atoms with van der Waals surface area (Å²) < 4.78 is 2.25. The summed E-state index contributed by atoms with van der Waals surface area (Å²) in [5, 5.41) is 11.7. The molecular formula is C21H25N2O+. The highest BCUT2D eigenvalue weighted by atomic mass is 16.3. The van der Waals surface area contributed by atoms with E-state index in [-0.39, 0.29) is 0 Å². The minimum absolute atomic E-state index is 0.593. The van der Waals surface area contributed by atoms with Gasteiger partial charge in [0.05, 0.1) is 6.54 Å². The predicted molar refractivity (Wildman–Crippen MR) is 97.5 cm³/mol. The molecule has 0 aliphatic carbocycles. The monoisotopic (exact) mass is 321 g/mol. The van der Waals surface area contributed by atoms with Gasteiger partial charge in [-0.05, 0) is 38.3 Å². The van der Waals surface area contributed by atoms with Crippen molar-refractivity contribution in [3.05, 3.63) is 65.7 Å². The third-order valence-electron chi connectivity index (χ3n) is 5.31. The standard InChI is InChI=1S/C21H25N2O/c1-17-11-13-18(14-12-17)21(24)16-22(19-8-4-2-5-9-19)20-10-6-3-7-15-23(20)21/h2,4-5,8-9,11-14,24H,3,6-7,10,15-16H2,1H3/q+1/t21-/m0/s1. The van der Waals surface area contributed by atoms with Crippen LogP contribution in [-0.4, -0.2) is 28.6 Å². The zero-order valence-electron chi connectivity index (χ0n) is 14.3. The molecule has 0 aromatic heterocycles. The van der Waals surface area contributed by atoms with Gasteiger partial charge in [0.1, 0.15) is 5.69 Å². The Kier molecular flexibility index (Phi) is 3.89. The number of hydrogen-bond acceptors (Lipinski definition) is 2. The molecular weight excluding hydrogens is 296 g/mol. The molecule has 3 nitrogen and oxygen atoms in total. The van der Waals surface area contributed by atoms with Crippen molar-refractivity contribution in [1.82, 2.24) is 0 Å². The van der Waals surface area contributed by atoms with Crippen LogP contribution in [0.4, 0.5) is 5.69 Å². The van der Waals surface area contributed by atoms with Gasteiger partial charge < -0.3 is 5.11 Å². The van der Waals surface area contributed by atoms with E-state index in [2.05, 4.69) is 64.9 Å². The number of β-amino-alcohol motifs (C(OH)–C–C–N with tert-alkyl or cyclic N) is 1. The van der Waals surface area contributed by atoms with Crippen LogP contribution >= 0.6 is 0 Å². The van der Waals surface area contributed by atoms with Crippen LogP contribution in [0.1, 0.15) is 36.8 Å². The molecule has 0 bridgehead atoms. The first-order valence-electron chi connectivity index (χ1n) is 8.94. The second-order valence-corrected chi connectivity index (χ2v) is 6.98. The molecule has 0 saturated carbocycles. The fraction of sp³-hybridized carbons (Fsp3) is 0.381. The van der Waals surface area contributed by atoms with Crippen LogP contribution in [0.5, 0.6) is 0 Å². The van der Waals surface area contributed by atoms with E-state index in [4.69, 9.17) is 0 Å². The van der Waals surface area contributed by atoms with Gasteiger partial charge in [-0.25, -0.2) is 9.48 Å². The molecule has 0 radical (unpaired) electrons. The summed E-state index contributed by atoms with van der Waals surface area (Å²) in [6.07, 6.45) is 4.59. The molecule has 24 heavy (non-hydrogen) atoms. The minimum Gasteiger partial charge on any atom is -0.346 e. The van der Waals surface area contributed by atoms with Crippen molar-refractivity contribution in [2.75, 3.05) is 18.0 Å². The van der Waals surface area contributed by atoms with E-state index < -0.39 is 5.72 Å². The van der Waals surface area contributed by atoms with Crippen molar-refractivity contribution in [3.8, 4) is 0 Å². The number of para-hydroxylation sites is 1. The van der Waals surface area contributed by atoms with Crippen molar-refractivity contribution >= 4 is 11.5 Å². The third-order valence-corrected chi connectivity index (χ3v) is 5.31. The van der Waals surface area contributed by atoms with E-state index in [0.717, 1.165) is 24.9 Å². The molecule has 0 saturated heterocycles. The van der Waals surface area contributed by atoms with Gasteiger partial charge >= 0.3 is 0 Å². The number of benzene rings is 2. The van der Waals surface area contributed by atoms with Gasteiger partial charge in [0.15, 0.2) is 6.54 Å². The van der Waals surface area contributed by atoms with Crippen LogP contribution in [0.3, 0.4) is 0 Å². The first-order valence-corrected chi connectivity index (χ1v) is 8.94. The molecule has 0 amide bonds. The molecule has 2 aromatic carbocycles. The summed E-state index contributed by atoms with van der Waals surface area (Å²) in [4.78, 5) is 2.31. The molecule has 0 unspecified atom stereocenters. The maximum absolute atomic E-state index is 11.7. The van der Waals surface area contributed by atoms with Gasteiger partial charge in [0.25, 0.3) is 11.6 Å². The zero-order chi connectivity index (χ0) is 16.6. The van der Waals surface area contributed by atoms with Gasteiger partial charge in [-0.1, -0.05) is 48.0 Å². The highest BCUT2D eigenvalue weighted by molar-refractivity contribution is 5.95. The fourth-order valence-electron chi connectivity index (χ4n) is 3.99. The topological polar surface area (TPSA) is 26.5 Å². The van der Waals surface area contributed by atoms with Gasteiger partial charge in [-0.3, -0.25) is 0 Å². The summed E-state index contributed by atoms with van der Waals surface area (Å²) in [6.45, 7) is 3.60. The smallest absolute Gasteiger partial charge is 0.271 e. The minimum atomic E-state index is -0.941. The van der Waals surface area contributed by atoms with Crippen molar-refractivity contribution in [3.63, 3.8) is 0 Å². The fourth-order valence-corrected chi connectivity index (χ4v) is 3.99. The number of hydrogen-bond donors (Lipinski definition) is 1.